The standard InChI is InChI=1S/C18H18FN5O/c1-13-10-16-18(20-6-7-24(16)21-13)23-9-8-22(17(25)12-23)11-14-2-4-15(19)5-3-14/h2-7,10H,8-9,11-12H2,1H3. The lowest BCUT2D eigenvalue weighted by Gasteiger charge is -2.35. The summed E-state index contributed by atoms with van der Waals surface area (Å²) in [7, 11) is 0. The van der Waals surface area contributed by atoms with Gasteiger partial charge in [0.25, 0.3) is 0 Å². The molecule has 0 radical (unpaired) electrons. The third-order valence-electron chi connectivity index (χ3n) is 4.40. The van der Waals surface area contributed by atoms with E-state index in [1.54, 1.807) is 33.9 Å². The lowest BCUT2D eigenvalue weighted by Crippen LogP contribution is -2.50. The van der Waals surface area contributed by atoms with E-state index in [4.69, 9.17) is 0 Å². The van der Waals surface area contributed by atoms with E-state index in [0.717, 1.165) is 22.6 Å². The van der Waals surface area contributed by atoms with Crippen LogP contribution in [0.3, 0.4) is 0 Å². The lowest BCUT2D eigenvalue weighted by molar-refractivity contribution is -0.131. The van der Waals surface area contributed by atoms with E-state index < -0.39 is 0 Å². The third kappa shape index (κ3) is 3.05. The summed E-state index contributed by atoms with van der Waals surface area (Å²) in [5.41, 5.74) is 2.74. The number of benzene rings is 1. The quantitative estimate of drug-likeness (QED) is 0.733. The number of aromatic nitrogens is 3. The van der Waals surface area contributed by atoms with Crippen molar-refractivity contribution in [1.82, 2.24) is 19.5 Å². The molecule has 3 aromatic rings. The van der Waals surface area contributed by atoms with Crippen LogP contribution in [0.2, 0.25) is 0 Å². The lowest BCUT2D eigenvalue weighted by atomic mass is 10.2. The van der Waals surface area contributed by atoms with Crippen LogP contribution in [0, 0.1) is 12.7 Å². The van der Waals surface area contributed by atoms with E-state index in [-0.39, 0.29) is 18.3 Å². The molecule has 0 spiro atoms. The second-order valence-corrected chi connectivity index (χ2v) is 6.23. The van der Waals surface area contributed by atoms with Crippen molar-refractivity contribution in [3.05, 3.63) is 59.8 Å². The highest BCUT2D eigenvalue weighted by Gasteiger charge is 2.26. The zero-order valence-corrected chi connectivity index (χ0v) is 13.9. The second kappa shape index (κ2) is 6.16. The van der Waals surface area contributed by atoms with Gasteiger partial charge in [0.2, 0.25) is 5.91 Å². The van der Waals surface area contributed by atoms with Gasteiger partial charge in [-0.25, -0.2) is 13.9 Å². The van der Waals surface area contributed by atoms with Crippen LogP contribution in [0.1, 0.15) is 11.3 Å². The van der Waals surface area contributed by atoms with E-state index in [1.165, 1.54) is 12.1 Å². The molecule has 2 aromatic heterocycles. The minimum atomic E-state index is -0.268. The minimum absolute atomic E-state index is 0.0376. The molecule has 128 valence electrons. The number of hydrogen-bond acceptors (Lipinski definition) is 4. The Bertz CT molecular complexity index is 921. The Morgan fingerprint density at radius 1 is 1.20 bits per heavy atom. The van der Waals surface area contributed by atoms with Crippen LogP contribution >= 0.6 is 0 Å². The maximum Gasteiger partial charge on any atom is 0.242 e. The fourth-order valence-electron chi connectivity index (χ4n) is 3.14. The smallest absolute Gasteiger partial charge is 0.242 e. The van der Waals surface area contributed by atoms with E-state index >= 15 is 0 Å². The van der Waals surface area contributed by atoms with Crippen molar-refractivity contribution in [1.29, 1.82) is 0 Å². The number of nitrogens with zero attached hydrogens (tertiary/aromatic N) is 5. The van der Waals surface area contributed by atoms with Gasteiger partial charge >= 0.3 is 0 Å². The molecule has 0 saturated carbocycles. The number of fused-ring (bicyclic) bond motifs is 1. The van der Waals surface area contributed by atoms with E-state index in [9.17, 15) is 9.18 Å². The first kappa shape index (κ1) is 15.6. The Labute approximate surface area is 144 Å². The van der Waals surface area contributed by atoms with Gasteiger partial charge in [0.05, 0.1) is 12.2 Å². The molecule has 25 heavy (non-hydrogen) atoms. The normalized spacial score (nSPS) is 15.2. The van der Waals surface area contributed by atoms with Crippen LogP contribution in [-0.4, -0.2) is 45.0 Å². The number of piperazine rings is 1. The largest absolute Gasteiger partial charge is 0.344 e. The SMILES string of the molecule is Cc1cc2c(N3CCN(Cc4ccc(F)cc4)C(=O)C3)nccn2n1. The molecule has 1 aliphatic heterocycles. The van der Waals surface area contributed by atoms with Gasteiger partial charge < -0.3 is 9.80 Å². The summed E-state index contributed by atoms with van der Waals surface area (Å²) in [5, 5.41) is 4.39. The molecule has 6 nitrogen and oxygen atoms in total. The Morgan fingerprint density at radius 3 is 2.76 bits per heavy atom. The highest BCUT2D eigenvalue weighted by atomic mass is 19.1. The van der Waals surface area contributed by atoms with Gasteiger partial charge in [-0.1, -0.05) is 12.1 Å². The number of aryl methyl sites for hydroxylation is 1. The monoisotopic (exact) mass is 339 g/mol. The van der Waals surface area contributed by atoms with Gasteiger partial charge in [-0.3, -0.25) is 4.79 Å². The molecule has 1 amide bonds. The van der Waals surface area contributed by atoms with Gasteiger partial charge in [0.15, 0.2) is 5.82 Å². The molecule has 3 heterocycles. The second-order valence-electron chi connectivity index (χ2n) is 6.23. The first-order valence-corrected chi connectivity index (χ1v) is 8.18. The number of rotatable bonds is 3. The summed E-state index contributed by atoms with van der Waals surface area (Å²) in [5.74, 6) is 0.545. The Hall–Kier alpha value is -2.96. The minimum Gasteiger partial charge on any atom is -0.344 e. The van der Waals surface area contributed by atoms with Crippen LogP contribution in [0.5, 0.6) is 0 Å². The summed E-state index contributed by atoms with van der Waals surface area (Å²) in [6.45, 7) is 4.01. The molecule has 1 saturated heterocycles. The van der Waals surface area contributed by atoms with Gasteiger partial charge in [0, 0.05) is 32.0 Å². The summed E-state index contributed by atoms with van der Waals surface area (Å²) < 4.78 is 14.8. The van der Waals surface area contributed by atoms with Crippen LogP contribution in [0.25, 0.3) is 5.52 Å². The molecule has 1 fully saturated rings. The number of carbonyl (C=O) groups is 1. The molecule has 1 aromatic carbocycles. The fourth-order valence-corrected chi connectivity index (χ4v) is 3.14. The highest BCUT2D eigenvalue weighted by Crippen LogP contribution is 2.21. The predicted molar refractivity (Wildman–Crippen MR) is 91.8 cm³/mol. The molecular weight excluding hydrogens is 321 g/mol. The van der Waals surface area contributed by atoms with Crippen molar-refractivity contribution in [3.63, 3.8) is 0 Å². The topological polar surface area (TPSA) is 53.7 Å². The average molecular weight is 339 g/mol. The summed E-state index contributed by atoms with van der Waals surface area (Å²) >= 11 is 0. The summed E-state index contributed by atoms with van der Waals surface area (Å²) in [6.07, 6.45) is 3.50. The Balaban J connectivity index is 1.51. The number of carbonyl (C=O) groups excluding carboxylic acids is 1. The van der Waals surface area contributed by atoms with Gasteiger partial charge in [-0.15, -0.1) is 0 Å². The Morgan fingerprint density at radius 2 is 2.00 bits per heavy atom. The molecule has 1 aliphatic rings. The molecular formula is C18H18FN5O. The van der Waals surface area contributed by atoms with Crippen molar-refractivity contribution in [2.75, 3.05) is 24.5 Å². The molecule has 7 heteroatoms. The van der Waals surface area contributed by atoms with Crippen molar-refractivity contribution < 1.29 is 9.18 Å². The van der Waals surface area contributed by atoms with Crippen molar-refractivity contribution in [3.8, 4) is 0 Å². The van der Waals surface area contributed by atoms with Crippen molar-refractivity contribution in [2.24, 2.45) is 0 Å². The van der Waals surface area contributed by atoms with Crippen LogP contribution < -0.4 is 4.90 Å². The predicted octanol–water partition coefficient (Wildman–Crippen LogP) is 2.03. The number of hydrogen-bond donors (Lipinski definition) is 0. The molecule has 0 aliphatic carbocycles. The molecule has 0 N–H and O–H groups in total. The summed E-state index contributed by atoms with van der Waals surface area (Å²) in [6, 6.07) is 8.24. The zero-order valence-electron chi connectivity index (χ0n) is 13.9. The molecule has 0 atom stereocenters. The van der Waals surface area contributed by atoms with Gasteiger partial charge in [-0.05, 0) is 30.7 Å². The third-order valence-corrected chi connectivity index (χ3v) is 4.40. The molecule has 4 rings (SSSR count). The fraction of sp³-hybridized carbons (Fsp3) is 0.278. The maximum absolute atomic E-state index is 13.0. The number of amides is 1. The first-order valence-electron chi connectivity index (χ1n) is 8.18. The van der Waals surface area contributed by atoms with Crippen LogP contribution in [-0.2, 0) is 11.3 Å². The zero-order chi connectivity index (χ0) is 17.4. The van der Waals surface area contributed by atoms with E-state index in [2.05, 4.69) is 10.1 Å². The van der Waals surface area contributed by atoms with Crippen molar-refractivity contribution >= 4 is 17.2 Å². The first-order chi connectivity index (χ1) is 12.1. The Kier molecular flexibility index (Phi) is 3.83. The van der Waals surface area contributed by atoms with Crippen LogP contribution in [0.15, 0.2) is 42.7 Å². The van der Waals surface area contributed by atoms with Gasteiger partial charge in [-0.2, -0.15) is 5.10 Å². The van der Waals surface area contributed by atoms with E-state index in [1.807, 2.05) is 17.9 Å². The van der Waals surface area contributed by atoms with E-state index in [0.29, 0.717) is 19.6 Å². The average Bonchev–Trinajstić information content (AvgIpc) is 2.98. The van der Waals surface area contributed by atoms with Crippen LogP contribution in [0.4, 0.5) is 10.2 Å². The maximum atomic E-state index is 13.0. The molecule has 0 bridgehead atoms. The highest BCUT2D eigenvalue weighted by molar-refractivity contribution is 5.84. The molecule has 0 unspecified atom stereocenters. The summed E-state index contributed by atoms with van der Waals surface area (Å²) in [4.78, 5) is 20.8. The van der Waals surface area contributed by atoms with Gasteiger partial charge in [0.1, 0.15) is 11.3 Å². The van der Waals surface area contributed by atoms with Crippen molar-refractivity contribution in [2.45, 2.75) is 13.5 Å². The number of halogens is 1. The number of anilines is 1.